The van der Waals surface area contributed by atoms with E-state index in [2.05, 4.69) is 74.2 Å². The molecule has 2 aliphatic rings. The number of para-hydroxylation sites is 1. The van der Waals surface area contributed by atoms with E-state index in [0.29, 0.717) is 0 Å². The van der Waals surface area contributed by atoms with E-state index in [1.807, 2.05) is 18.2 Å². The van der Waals surface area contributed by atoms with Gasteiger partial charge in [-0.15, -0.1) is 0 Å². The molecule has 0 bridgehead atoms. The second-order valence-electron chi connectivity index (χ2n) is 10.1. The van der Waals surface area contributed by atoms with Gasteiger partial charge in [-0.3, -0.25) is 0 Å². The van der Waals surface area contributed by atoms with Gasteiger partial charge in [-0.2, -0.15) is 0 Å². The van der Waals surface area contributed by atoms with Crippen LogP contribution in [-0.2, 0) is 0 Å². The van der Waals surface area contributed by atoms with Crippen molar-refractivity contribution in [3.05, 3.63) is 66.7 Å². The number of rotatable bonds is 4. The Bertz CT molecular complexity index is 1120. The fourth-order valence-electron chi connectivity index (χ4n) is 6.10. The molecule has 3 nitrogen and oxygen atoms in total. The highest BCUT2D eigenvalue weighted by Gasteiger charge is 2.57. The zero-order valence-electron chi connectivity index (χ0n) is 20.4. The number of ether oxygens (including phenoxy) is 2. The summed E-state index contributed by atoms with van der Waals surface area (Å²) in [6, 6.07) is 23.9. The fourth-order valence-corrected chi connectivity index (χ4v) is 10.5. The van der Waals surface area contributed by atoms with E-state index in [1.165, 1.54) is 47.9 Å². The number of methoxy groups -OCH3 is 2. The molecule has 5 rings (SSSR count). The third-order valence-corrected chi connectivity index (χ3v) is 10.8. The summed E-state index contributed by atoms with van der Waals surface area (Å²) in [5, 5.41) is 1.79. The van der Waals surface area contributed by atoms with Gasteiger partial charge < -0.3 is 14.4 Å². The molecular formula is C29H34NO2P. The molecule has 0 radical (unpaired) electrons. The normalized spacial score (nSPS) is 19.1. The molecule has 172 valence electrons. The van der Waals surface area contributed by atoms with E-state index < -0.39 is 7.92 Å². The van der Waals surface area contributed by atoms with E-state index in [1.54, 1.807) is 14.2 Å². The Morgan fingerprint density at radius 2 is 1.39 bits per heavy atom. The van der Waals surface area contributed by atoms with Gasteiger partial charge in [0.25, 0.3) is 0 Å². The van der Waals surface area contributed by atoms with Crippen LogP contribution in [0.4, 0.5) is 11.4 Å². The van der Waals surface area contributed by atoms with Crippen LogP contribution in [0.1, 0.15) is 46.5 Å². The molecular weight excluding hydrogens is 425 g/mol. The van der Waals surface area contributed by atoms with Gasteiger partial charge in [0.15, 0.2) is 0 Å². The van der Waals surface area contributed by atoms with Gasteiger partial charge in [0.1, 0.15) is 11.5 Å². The van der Waals surface area contributed by atoms with Crippen molar-refractivity contribution in [2.24, 2.45) is 0 Å². The van der Waals surface area contributed by atoms with Crippen LogP contribution in [0.2, 0.25) is 0 Å². The molecule has 0 aromatic heterocycles. The summed E-state index contributed by atoms with van der Waals surface area (Å²) in [6.45, 7) is 7.31. The van der Waals surface area contributed by atoms with Crippen LogP contribution >= 0.6 is 7.92 Å². The molecule has 1 saturated carbocycles. The second-order valence-corrected chi connectivity index (χ2v) is 13.4. The summed E-state index contributed by atoms with van der Waals surface area (Å²) in [5.41, 5.74) is 4.99. The van der Waals surface area contributed by atoms with Crippen molar-refractivity contribution in [3.8, 4) is 22.6 Å². The Balaban J connectivity index is 1.86. The molecule has 0 saturated heterocycles. The molecule has 0 amide bonds. The molecule has 1 aliphatic carbocycles. The minimum atomic E-state index is -0.515. The smallest absolute Gasteiger partial charge is 0.130 e. The van der Waals surface area contributed by atoms with Crippen LogP contribution in [0.3, 0.4) is 0 Å². The first-order valence-corrected chi connectivity index (χ1v) is 13.3. The summed E-state index contributed by atoms with van der Waals surface area (Å²) in [5.74, 6) is 1.73. The molecule has 1 atom stereocenters. The van der Waals surface area contributed by atoms with E-state index >= 15 is 0 Å². The first-order chi connectivity index (χ1) is 15.9. The summed E-state index contributed by atoms with van der Waals surface area (Å²) >= 11 is 0. The molecule has 1 aliphatic heterocycles. The van der Waals surface area contributed by atoms with Crippen molar-refractivity contribution in [3.63, 3.8) is 0 Å². The standard InChI is InChI=1S/C29H34NO2P/c1-28(2,3)33-27-22(26-24(31-4)17-12-18-25(26)32-5)15-11-16-23(27)30(21-13-7-6-8-14-21)29(33)19-9-10-20-29/h6-8,11-18H,9-10,19-20H2,1-5H3/t33-/m1/s1. The summed E-state index contributed by atoms with van der Waals surface area (Å²) in [4.78, 5) is 2.71. The van der Waals surface area contributed by atoms with Crippen molar-refractivity contribution < 1.29 is 9.47 Å². The van der Waals surface area contributed by atoms with Crippen molar-refractivity contribution in [2.45, 2.75) is 56.9 Å². The highest BCUT2D eigenvalue weighted by atomic mass is 31.1. The van der Waals surface area contributed by atoms with Gasteiger partial charge in [-0.05, 0) is 61.8 Å². The first-order valence-electron chi connectivity index (χ1n) is 11.9. The third kappa shape index (κ3) is 3.44. The minimum Gasteiger partial charge on any atom is -0.496 e. The number of anilines is 2. The highest BCUT2D eigenvalue weighted by molar-refractivity contribution is 7.70. The molecule has 1 spiro atoms. The summed E-state index contributed by atoms with van der Waals surface area (Å²) in [7, 11) is 2.99. The topological polar surface area (TPSA) is 21.7 Å². The fraction of sp³-hybridized carbons (Fsp3) is 0.379. The summed E-state index contributed by atoms with van der Waals surface area (Å²) < 4.78 is 11.7. The van der Waals surface area contributed by atoms with Crippen LogP contribution in [0.25, 0.3) is 11.1 Å². The van der Waals surface area contributed by atoms with Gasteiger partial charge in [-0.1, -0.05) is 70.0 Å². The van der Waals surface area contributed by atoms with E-state index in [4.69, 9.17) is 9.47 Å². The van der Waals surface area contributed by atoms with Crippen molar-refractivity contribution in [1.29, 1.82) is 0 Å². The lowest BCUT2D eigenvalue weighted by molar-refractivity contribution is 0.397. The Labute approximate surface area is 199 Å². The second kappa shape index (κ2) is 8.37. The van der Waals surface area contributed by atoms with E-state index in [0.717, 1.165) is 17.1 Å². The van der Waals surface area contributed by atoms with Crippen molar-refractivity contribution >= 4 is 24.6 Å². The zero-order valence-corrected chi connectivity index (χ0v) is 21.3. The first kappa shape index (κ1) is 22.3. The zero-order chi connectivity index (χ0) is 23.2. The third-order valence-electron chi connectivity index (χ3n) is 7.10. The Morgan fingerprint density at radius 1 is 0.788 bits per heavy atom. The number of nitrogens with zero attached hydrogens (tertiary/aromatic N) is 1. The Morgan fingerprint density at radius 3 is 1.97 bits per heavy atom. The molecule has 4 heteroatoms. The van der Waals surface area contributed by atoms with Crippen LogP contribution in [0.5, 0.6) is 11.5 Å². The van der Waals surface area contributed by atoms with Crippen LogP contribution in [0, 0.1) is 0 Å². The summed E-state index contributed by atoms with van der Waals surface area (Å²) in [6.07, 6.45) is 5.06. The molecule has 0 unspecified atom stereocenters. The number of hydrogen-bond donors (Lipinski definition) is 0. The molecule has 3 aromatic rings. The lowest BCUT2D eigenvalue weighted by Crippen LogP contribution is -2.42. The van der Waals surface area contributed by atoms with Gasteiger partial charge in [-0.25, -0.2) is 0 Å². The average Bonchev–Trinajstić information content (AvgIpc) is 3.41. The molecule has 1 fully saturated rings. The van der Waals surface area contributed by atoms with Gasteiger partial charge in [0.05, 0.1) is 30.8 Å². The van der Waals surface area contributed by atoms with Crippen LogP contribution in [0.15, 0.2) is 66.7 Å². The van der Waals surface area contributed by atoms with Gasteiger partial charge in [0, 0.05) is 11.0 Å². The van der Waals surface area contributed by atoms with E-state index in [-0.39, 0.29) is 10.4 Å². The number of fused-ring (bicyclic) bond motifs is 1. The van der Waals surface area contributed by atoms with Crippen LogP contribution < -0.4 is 19.7 Å². The lowest BCUT2D eigenvalue weighted by Gasteiger charge is -2.46. The molecule has 0 N–H and O–H groups in total. The van der Waals surface area contributed by atoms with Crippen LogP contribution in [-0.4, -0.2) is 24.7 Å². The average molecular weight is 460 g/mol. The predicted octanol–water partition coefficient (Wildman–Crippen LogP) is 7.70. The van der Waals surface area contributed by atoms with E-state index in [9.17, 15) is 0 Å². The van der Waals surface area contributed by atoms with Crippen molar-refractivity contribution in [2.75, 3.05) is 19.1 Å². The highest BCUT2D eigenvalue weighted by Crippen LogP contribution is 2.73. The quantitative estimate of drug-likeness (QED) is 0.373. The predicted molar refractivity (Wildman–Crippen MR) is 141 cm³/mol. The molecule has 1 heterocycles. The molecule has 33 heavy (non-hydrogen) atoms. The maximum absolute atomic E-state index is 5.86. The minimum absolute atomic E-state index is 0.141. The maximum atomic E-state index is 5.86. The molecule has 3 aromatic carbocycles. The SMILES string of the molecule is COc1cccc(OC)c1-c1cccc2c1[P@](C(C)(C)C)C1(CCCC1)N2c1ccccc1. The van der Waals surface area contributed by atoms with Gasteiger partial charge in [0.2, 0.25) is 0 Å². The lowest BCUT2D eigenvalue weighted by atomic mass is 10.0. The number of hydrogen-bond acceptors (Lipinski definition) is 3. The Hall–Kier alpha value is -2.51. The van der Waals surface area contributed by atoms with Crippen molar-refractivity contribution in [1.82, 2.24) is 0 Å². The number of benzene rings is 3. The maximum Gasteiger partial charge on any atom is 0.130 e. The van der Waals surface area contributed by atoms with Gasteiger partial charge >= 0.3 is 0 Å². The Kier molecular flexibility index (Phi) is 5.65. The monoisotopic (exact) mass is 459 g/mol. The largest absolute Gasteiger partial charge is 0.496 e.